The average molecular weight is 355 g/mol. The number of rotatable bonds is 5. The van der Waals surface area contributed by atoms with E-state index in [-0.39, 0.29) is 18.2 Å². The first-order valence-electron chi connectivity index (χ1n) is 9.11. The zero-order valence-corrected chi connectivity index (χ0v) is 15.4. The number of carbonyl (C=O) groups excluding carboxylic acids is 2. The quantitative estimate of drug-likeness (QED) is 0.895. The van der Waals surface area contributed by atoms with Crippen molar-refractivity contribution in [3.05, 3.63) is 52.4 Å². The first-order valence-corrected chi connectivity index (χ1v) is 9.11. The molecule has 138 valence electrons. The molecule has 1 aromatic carbocycles. The summed E-state index contributed by atoms with van der Waals surface area (Å²) in [7, 11) is 0. The van der Waals surface area contributed by atoms with Crippen molar-refractivity contribution in [3.63, 3.8) is 0 Å². The maximum absolute atomic E-state index is 12.5. The third-order valence-corrected chi connectivity index (χ3v) is 4.85. The van der Waals surface area contributed by atoms with Crippen LogP contribution < -0.4 is 5.32 Å². The molecule has 1 N–H and O–H groups in total. The number of hydrogen-bond donors (Lipinski definition) is 1. The van der Waals surface area contributed by atoms with Gasteiger partial charge >= 0.3 is 0 Å². The fourth-order valence-electron chi connectivity index (χ4n) is 3.22. The third kappa shape index (κ3) is 4.31. The first-order chi connectivity index (χ1) is 12.5. The summed E-state index contributed by atoms with van der Waals surface area (Å²) >= 11 is 0. The summed E-state index contributed by atoms with van der Waals surface area (Å²) in [6, 6.07) is 7.47. The van der Waals surface area contributed by atoms with Crippen LogP contribution in [0, 0.1) is 13.8 Å². The van der Waals surface area contributed by atoms with Crippen LogP contribution in [-0.2, 0) is 17.8 Å². The van der Waals surface area contributed by atoms with Crippen LogP contribution in [0.15, 0.2) is 28.8 Å². The Labute approximate surface area is 153 Å². The predicted octanol–water partition coefficient (Wildman–Crippen LogP) is 2.78. The summed E-state index contributed by atoms with van der Waals surface area (Å²) in [5.41, 5.74) is 3.26. The maximum atomic E-state index is 12.5. The van der Waals surface area contributed by atoms with Gasteiger partial charge in [-0.25, -0.2) is 0 Å². The van der Waals surface area contributed by atoms with E-state index in [1.54, 1.807) is 6.92 Å². The molecule has 6 nitrogen and oxygen atoms in total. The SMILES string of the molecule is Cc1noc(C)c1CC(=O)NCc1ccc(C(=O)N2CCCCC2)cc1. The van der Waals surface area contributed by atoms with Crippen molar-refractivity contribution < 1.29 is 14.1 Å². The highest BCUT2D eigenvalue weighted by Gasteiger charge is 2.18. The van der Waals surface area contributed by atoms with Crippen molar-refractivity contribution in [1.29, 1.82) is 0 Å². The summed E-state index contributed by atoms with van der Waals surface area (Å²) in [6.07, 6.45) is 3.63. The van der Waals surface area contributed by atoms with E-state index in [1.165, 1.54) is 6.42 Å². The Morgan fingerprint density at radius 2 is 1.81 bits per heavy atom. The van der Waals surface area contributed by atoms with Gasteiger partial charge in [0.1, 0.15) is 5.76 Å². The number of nitrogens with one attached hydrogen (secondary N) is 1. The van der Waals surface area contributed by atoms with Crippen LogP contribution in [0.3, 0.4) is 0 Å². The number of piperidine rings is 1. The number of carbonyl (C=O) groups is 2. The summed E-state index contributed by atoms with van der Waals surface area (Å²) in [4.78, 5) is 26.5. The lowest BCUT2D eigenvalue weighted by molar-refractivity contribution is -0.120. The average Bonchev–Trinajstić information content (AvgIpc) is 2.99. The van der Waals surface area contributed by atoms with Gasteiger partial charge in [0.15, 0.2) is 0 Å². The van der Waals surface area contributed by atoms with Crippen LogP contribution in [0.25, 0.3) is 0 Å². The van der Waals surface area contributed by atoms with E-state index >= 15 is 0 Å². The van der Waals surface area contributed by atoms with E-state index in [0.29, 0.717) is 17.9 Å². The second-order valence-corrected chi connectivity index (χ2v) is 6.81. The molecule has 2 aromatic rings. The van der Waals surface area contributed by atoms with Crippen LogP contribution in [0.4, 0.5) is 0 Å². The van der Waals surface area contributed by atoms with E-state index < -0.39 is 0 Å². The van der Waals surface area contributed by atoms with Gasteiger partial charge in [0.25, 0.3) is 5.91 Å². The molecule has 0 unspecified atom stereocenters. The normalized spacial score (nSPS) is 14.3. The van der Waals surface area contributed by atoms with Gasteiger partial charge in [0, 0.05) is 30.8 Å². The van der Waals surface area contributed by atoms with E-state index in [0.717, 1.165) is 42.8 Å². The van der Waals surface area contributed by atoms with Gasteiger partial charge in [-0.3, -0.25) is 9.59 Å². The van der Waals surface area contributed by atoms with E-state index in [4.69, 9.17) is 4.52 Å². The Kier molecular flexibility index (Phi) is 5.71. The van der Waals surface area contributed by atoms with Crippen molar-refractivity contribution in [2.45, 2.75) is 46.1 Å². The summed E-state index contributed by atoms with van der Waals surface area (Å²) < 4.78 is 5.08. The zero-order valence-electron chi connectivity index (χ0n) is 15.4. The van der Waals surface area contributed by atoms with Gasteiger partial charge in [-0.2, -0.15) is 0 Å². The van der Waals surface area contributed by atoms with Gasteiger partial charge in [-0.05, 0) is 50.8 Å². The standard InChI is InChI=1S/C20H25N3O3/c1-14-18(15(2)26-22-14)12-19(24)21-13-16-6-8-17(9-7-16)20(25)23-10-4-3-5-11-23/h6-9H,3-5,10-13H2,1-2H3,(H,21,24). The Bertz CT molecular complexity index is 755. The molecule has 1 aliphatic rings. The van der Waals surface area contributed by atoms with Crippen LogP contribution in [0.1, 0.15) is 52.2 Å². The molecule has 0 spiro atoms. The smallest absolute Gasteiger partial charge is 0.253 e. The summed E-state index contributed by atoms with van der Waals surface area (Å²) in [5, 5.41) is 6.76. The van der Waals surface area contributed by atoms with Crippen LogP contribution in [-0.4, -0.2) is 35.0 Å². The second kappa shape index (κ2) is 8.17. The highest BCUT2D eigenvalue weighted by atomic mass is 16.5. The number of aryl methyl sites for hydroxylation is 2. The molecular weight excluding hydrogens is 330 g/mol. The van der Waals surface area contributed by atoms with Gasteiger partial charge < -0.3 is 14.7 Å². The topological polar surface area (TPSA) is 75.4 Å². The van der Waals surface area contributed by atoms with Crippen molar-refractivity contribution in [1.82, 2.24) is 15.4 Å². The molecule has 2 heterocycles. The van der Waals surface area contributed by atoms with E-state index in [1.807, 2.05) is 36.1 Å². The Morgan fingerprint density at radius 3 is 2.42 bits per heavy atom. The molecule has 0 bridgehead atoms. The fourth-order valence-corrected chi connectivity index (χ4v) is 3.22. The minimum absolute atomic E-state index is 0.0760. The number of aromatic nitrogens is 1. The molecule has 2 amide bonds. The second-order valence-electron chi connectivity index (χ2n) is 6.81. The Balaban J connectivity index is 1.52. The van der Waals surface area contributed by atoms with Gasteiger partial charge in [-0.1, -0.05) is 17.3 Å². The molecule has 1 aromatic heterocycles. The number of benzene rings is 1. The maximum Gasteiger partial charge on any atom is 0.253 e. The van der Waals surface area contributed by atoms with Crippen molar-refractivity contribution in [3.8, 4) is 0 Å². The molecule has 1 aliphatic heterocycles. The number of hydrogen-bond acceptors (Lipinski definition) is 4. The molecule has 0 aliphatic carbocycles. The summed E-state index contributed by atoms with van der Waals surface area (Å²) in [6.45, 7) is 5.76. The van der Waals surface area contributed by atoms with Crippen LogP contribution >= 0.6 is 0 Å². The molecule has 1 saturated heterocycles. The minimum Gasteiger partial charge on any atom is -0.361 e. The molecule has 0 radical (unpaired) electrons. The Hall–Kier alpha value is -2.63. The fraction of sp³-hybridized carbons (Fsp3) is 0.450. The lowest BCUT2D eigenvalue weighted by Crippen LogP contribution is -2.35. The zero-order chi connectivity index (χ0) is 18.5. The summed E-state index contributed by atoms with van der Waals surface area (Å²) in [5.74, 6) is 0.699. The van der Waals surface area contributed by atoms with Crippen LogP contribution in [0.5, 0.6) is 0 Å². The van der Waals surface area contributed by atoms with Gasteiger partial charge in [0.05, 0.1) is 12.1 Å². The number of amides is 2. The minimum atomic E-state index is -0.0760. The van der Waals surface area contributed by atoms with E-state index in [9.17, 15) is 9.59 Å². The monoisotopic (exact) mass is 355 g/mol. The highest BCUT2D eigenvalue weighted by molar-refractivity contribution is 5.94. The highest BCUT2D eigenvalue weighted by Crippen LogP contribution is 2.15. The predicted molar refractivity (Wildman–Crippen MR) is 97.7 cm³/mol. The van der Waals surface area contributed by atoms with E-state index in [2.05, 4.69) is 10.5 Å². The largest absolute Gasteiger partial charge is 0.361 e. The number of nitrogens with zero attached hydrogens (tertiary/aromatic N) is 2. The molecule has 26 heavy (non-hydrogen) atoms. The lowest BCUT2D eigenvalue weighted by atomic mass is 10.1. The van der Waals surface area contributed by atoms with Crippen molar-refractivity contribution >= 4 is 11.8 Å². The molecule has 0 saturated carbocycles. The molecule has 3 rings (SSSR count). The molecular formula is C20H25N3O3. The molecule has 1 fully saturated rings. The number of likely N-dealkylation sites (tertiary alicyclic amines) is 1. The first kappa shape index (κ1) is 18.2. The van der Waals surface area contributed by atoms with Crippen molar-refractivity contribution in [2.75, 3.05) is 13.1 Å². The molecule has 0 atom stereocenters. The van der Waals surface area contributed by atoms with Gasteiger partial charge in [0.2, 0.25) is 5.91 Å². The van der Waals surface area contributed by atoms with Crippen molar-refractivity contribution in [2.24, 2.45) is 0 Å². The van der Waals surface area contributed by atoms with Gasteiger partial charge in [-0.15, -0.1) is 0 Å². The van der Waals surface area contributed by atoms with Crippen LogP contribution in [0.2, 0.25) is 0 Å². The Morgan fingerprint density at radius 1 is 1.12 bits per heavy atom. The third-order valence-electron chi connectivity index (χ3n) is 4.85. The lowest BCUT2D eigenvalue weighted by Gasteiger charge is -2.26. The molecule has 6 heteroatoms.